The van der Waals surface area contributed by atoms with Crippen molar-refractivity contribution in [1.82, 2.24) is 10.2 Å². The Morgan fingerprint density at radius 3 is 2.69 bits per heavy atom. The van der Waals surface area contributed by atoms with Crippen molar-refractivity contribution in [3.8, 4) is 17.0 Å². The number of fused-ring (bicyclic) bond motifs is 2. The van der Waals surface area contributed by atoms with Crippen LogP contribution in [0.5, 0.6) is 5.75 Å². The molecular weight excluding hydrogens is 366 g/mol. The predicted molar refractivity (Wildman–Crippen MR) is 112 cm³/mol. The first-order chi connectivity index (χ1) is 14.2. The monoisotopic (exact) mass is 383 g/mol. The predicted octanol–water partition coefficient (Wildman–Crippen LogP) is 5.24. The van der Waals surface area contributed by atoms with Gasteiger partial charge in [0, 0.05) is 5.56 Å². The average Bonchev–Trinajstić information content (AvgIpc) is 3.43. The molecule has 6 heteroatoms. The zero-order valence-corrected chi connectivity index (χ0v) is 15.6. The van der Waals surface area contributed by atoms with Crippen LogP contribution in [0.2, 0.25) is 0 Å². The van der Waals surface area contributed by atoms with E-state index in [1.807, 2.05) is 24.3 Å². The van der Waals surface area contributed by atoms with Crippen molar-refractivity contribution in [2.45, 2.75) is 0 Å². The number of rotatable bonds is 4. The summed E-state index contributed by atoms with van der Waals surface area (Å²) in [5.41, 5.74) is 3.09. The standard InChI is InChI=1S/C23H17N3O3/c1-28-22-18(24-23(27)19-7-4-12-29-19)11-10-17-20(22)21(26-25-17)16-9-8-14-5-2-3-6-15(14)13-16/h2-13H,1H3,(H,24,27)(H,25,26). The molecule has 3 aromatic carbocycles. The van der Waals surface area contributed by atoms with Crippen LogP contribution in [0.1, 0.15) is 10.6 Å². The van der Waals surface area contributed by atoms with Gasteiger partial charge in [0.05, 0.1) is 30.0 Å². The summed E-state index contributed by atoms with van der Waals surface area (Å²) in [5.74, 6) is 0.428. The molecule has 0 unspecified atom stereocenters. The molecule has 0 fully saturated rings. The summed E-state index contributed by atoms with van der Waals surface area (Å²) in [7, 11) is 1.58. The SMILES string of the molecule is COc1c(NC(=O)c2ccco2)ccc2[nH]nc(-c3ccc4ccccc4c3)c12. The number of methoxy groups -OCH3 is 1. The molecule has 0 radical (unpaired) electrons. The lowest BCUT2D eigenvalue weighted by molar-refractivity contribution is 0.0996. The van der Waals surface area contributed by atoms with Crippen molar-refractivity contribution in [2.24, 2.45) is 0 Å². The third kappa shape index (κ3) is 2.91. The molecule has 0 aliphatic heterocycles. The average molecular weight is 383 g/mol. The van der Waals surface area contributed by atoms with Crippen molar-refractivity contribution in [3.63, 3.8) is 0 Å². The molecule has 5 rings (SSSR count). The molecular formula is C23H17N3O3. The first-order valence-electron chi connectivity index (χ1n) is 9.13. The molecule has 0 bridgehead atoms. The number of hydrogen-bond donors (Lipinski definition) is 2. The highest BCUT2D eigenvalue weighted by Gasteiger charge is 2.19. The second-order valence-electron chi connectivity index (χ2n) is 6.63. The molecule has 1 amide bonds. The molecule has 29 heavy (non-hydrogen) atoms. The lowest BCUT2D eigenvalue weighted by Gasteiger charge is -2.11. The van der Waals surface area contributed by atoms with Gasteiger partial charge in [-0.05, 0) is 41.1 Å². The van der Waals surface area contributed by atoms with E-state index in [-0.39, 0.29) is 11.7 Å². The van der Waals surface area contributed by atoms with E-state index in [0.717, 1.165) is 32.9 Å². The number of benzene rings is 3. The van der Waals surface area contributed by atoms with E-state index in [2.05, 4.69) is 39.8 Å². The Bertz CT molecular complexity index is 1340. The molecule has 0 spiro atoms. The molecule has 2 N–H and O–H groups in total. The van der Waals surface area contributed by atoms with E-state index in [1.54, 1.807) is 25.3 Å². The highest BCUT2D eigenvalue weighted by Crippen LogP contribution is 2.39. The third-order valence-corrected chi connectivity index (χ3v) is 4.90. The lowest BCUT2D eigenvalue weighted by Crippen LogP contribution is -2.11. The summed E-state index contributed by atoms with van der Waals surface area (Å²) in [5, 5.41) is 13.5. The lowest BCUT2D eigenvalue weighted by atomic mass is 10.0. The minimum absolute atomic E-state index is 0.231. The largest absolute Gasteiger partial charge is 0.494 e. The van der Waals surface area contributed by atoms with Crippen LogP contribution in [-0.2, 0) is 0 Å². The fraction of sp³-hybridized carbons (Fsp3) is 0.0435. The fourth-order valence-electron chi connectivity index (χ4n) is 3.53. The maximum Gasteiger partial charge on any atom is 0.291 e. The number of nitrogens with one attached hydrogen (secondary N) is 2. The summed E-state index contributed by atoms with van der Waals surface area (Å²) in [6.07, 6.45) is 1.46. The Kier molecular flexibility index (Phi) is 4.02. The third-order valence-electron chi connectivity index (χ3n) is 4.90. The van der Waals surface area contributed by atoms with E-state index >= 15 is 0 Å². The Labute approximate surface area is 166 Å². The highest BCUT2D eigenvalue weighted by atomic mass is 16.5. The van der Waals surface area contributed by atoms with Gasteiger partial charge in [0.25, 0.3) is 5.91 Å². The topological polar surface area (TPSA) is 80.1 Å². The van der Waals surface area contributed by atoms with Crippen molar-refractivity contribution in [3.05, 3.63) is 78.8 Å². The van der Waals surface area contributed by atoms with Crippen molar-refractivity contribution in [2.75, 3.05) is 12.4 Å². The number of aromatic nitrogens is 2. The number of aromatic amines is 1. The Morgan fingerprint density at radius 2 is 1.90 bits per heavy atom. The van der Waals surface area contributed by atoms with Gasteiger partial charge >= 0.3 is 0 Å². The molecule has 142 valence electrons. The number of amides is 1. The van der Waals surface area contributed by atoms with Crippen LogP contribution in [0.15, 0.2) is 77.4 Å². The normalized spacial score (nSPS) is 11.1. The first kappa shape index (κ1) is 17.1. The van der Waals surface area contributed by atoms with Gasteiger partial charge in [-0.15, -0.1) is 0 Å². The maximum absolute atomic E-state index is 12.4. The van der Waals surface area contributed by atoms with E-state index in [0.29, 0.717) is 11.4 Å². The van der Waals surface area contributed by atoms with Gasteiger partial charge in [-0.2, -0.15) is 5.10 Å². The minimum atomic E-state index is -0.344. The summed E-state index contributed by atoms with van der Waals surface area (Å²) >= 11 is 0. The van der Waals surface area contributed by atoms with Crippen LogP contribution in [0, 0.1) is 0 Å². The number of H-pyrrole nitrogens is 1. The molecule has 0 saturated carbocycles. The zero-order chi connectivity index (χ0) is 19.8. The van der Waals surface area contributed by atoms with Gasteiger partial charge in [-0.1, -0.05) is 36.4 Å². The first-order valence-corrected chi connectivity index (χ1v) is 9.13. The van der Waals surface area contributed by atoms with Crippen LogP contribution in [0.3, 0.4) is 0 Å². The fourth-order valence-corrected chi connectivity index (χ4v) is 3.53. The molecule has 5 aromatic rings. The molecule has 0 saturated heterocycles. The Morgan fingerprint density at radius 1 is 1.03 bits per heavy atom. The molecule has 6 nitrogen and oxygen atoms in total. The van der Waals surface area contributed by atoms with E-state index < -0.39 is 0 Å². The number of nitrogens with zero attached hydrogens (tertiary/aromatic N) is 1. The summed E-state index contributed by atoms with van der Waals surface area (Å²) in [6.45, 7) is 0. The van der Waals surface area contributed by atoms with Gasteiger partial charge < -0.3 is 14.5 Å². The van der Waals surface area contributed by atoms with Crippen molar-refractivity contribution < 1.29 is 13.9 Å². The number of anilines is 1. The number of ether oxygens (including phenoxy) is 1. The van der Waals surface area contributed by atoms with Gasteiger partial charge in [0.15, 0.2) is 11.5 Å². The molecule has 2 aromatic heterocycles. The molecule has 0 atom stereocenters. The van der Waals surface area contributed by atoms with Gasteiger partial charge in [-0.3, -0.25) is 9.89 Å². The number of hydrogen-bond acceptors (Lipinski definition) is 4. The number of furan rings is 1. The van der Waals surface area contributed by atoms with Crippen LogP contribution in [0.4, 0.5) is 5.69 Å². The van der Waals surface area contributed by atoms with E-state index in [9.17, 15) is 4.79 Å². The molecule has 0 aliphatic rings. The second kappa shape index (κ2) is 6.83. The maximum atomic E-state index is 12.4. The molecule has 2 heterocycles. The quantitative estimate of drug-likeness (QED) is 0.445. The minimum Gasteiger partial charge on any atom is -0.494 e. The van der Waals surface area contributed by atoms with Gasteiger partial charge in [0.2, 0.25) is 0 Å². The van der Waals surface area contributed by atoms with E-state index in [1.165, 1.54) is 6.26 Å². The van der Waals surface area contributed by atoms with Gasteiger partial charge in [0.1, 0.15) is 5.69 Å². The summed E-state index contributed by atoms with van der Waals surface area (Å²) in [4.78, 5) is 12.4. The smallest absolute Gasteiger partial charge is 0.291 e. The number of carbonyl (C=O) groups excluding carboxylic acids is 1. The van der Waals surface area contributed by atoms with Crippen LogP contribution in [-0.4, -0.2) is 23.2 Å². The van der Waals surface area contributed by atoms with Gasteiger partial charge in [-0.25, -0.2) is 0 Å². The number of carbonyl (C=O) groups is 1. The van der Waals surface area contributed by atoms with Crippen LogP contribution < -0.4 is 10.1 Å². The van der Waals surface area contributed by atoms with E-state index in [4.69, 9.17) is 9.15 Å². The van der Waals surface area contributed by atoms with Crippen molar-refractivity contribution in [1.29, 1.82) is 0 Å². The van der Waals surface area contributed by atoms with Crippen LogP contribution >= 0.6 is 0 Å². The summed E-state index contributed by atoms with van der Waals surface area (Å²) in [6, 6.07) is 21.3. The zero-order valence-electron chi connectivity index (χ0n) is 15.6. The summed E-state index contributed by atoms with van der Waals surface area (Å²) < 4.78 is 10.9. The Hall–Kier alpha value is -4.06. The van der Waals surface area contributed by atoms with Crippen molar-refractivity contribution >= 4 is 33.3 Å². The highest BCUT2D eigenvalue weighted by molar-refractivity contribution is 6.08. The Balaban J connectivity index is 1.64. The van der Waals surface area contributed by atoms with Crippen LogP contribution in [0.25, 0.3) is 32.9 Å². The molecule has 0 aliphatic carbocycles. The second-order valence-corrected chi connectivity index (χ2v) is 6.63.